The fraction of sp³-hybridized carbons (Fsp3) is 0. The molecule has 0 radical (unpaired) electrons. The third-order valence-corrected chi connectivity index (χ3v) is 4.39. The van der Waals surface area contributed by atoms with Gasteiger partial charge in [0.25, 0.3) is 0 Å². The molecule has 0 aliphatic heterocycles. The van der Waals surface area contributed by atoms with Crippen LogP contribution in [0.25, 0.3) is 33.9 Å². The van der Waals surface area contributed by atoms with Crippen LogP contribution in [-0.4, -0.2) is 15.2 Å². The van der Waals surface area contributed by atoms with Crippen molar-refractivity contribution in [1.29, 1.82) is 0 Å². The van der Waals surface area contributed by atoms with Crippen LogP contribution >= 0.6 is 23.2 Å². The van der Waals surface area contributed by atoms with Crippen LogP contribution in [-0.2, 0) is 0 Å². The molecule has 26 heavy (non-hydrogen) atoms. The van der Waals surface area contributed by atoms with Crippen LogP contribution in [0.1, 0.15) is 0 Å². The molecule has 126 valence electrons. The first-order chi connectivity index (χ1) is 12.7. The molecule has 3 aromatic carbocycles. The van der Waals surface area contributed by atoms with Gasteiger partial charge in [0.2, 0.25) is 0 Å². The van der Waals surface area contributed by atoms with Crippen LogP contribution in [0.15, 0.2) is 78.9 Å². The minimum absolute atomic E-state index is 0.561. The van der Waals surface area contributed by atoms with Gasteiger partial charge in [0.15, 0.2) is 5.82 Å². The minimum atomic E-state index is 0.561. The van der Waals surface area contributed by atoms with E-state index in [1.54, 1.807) is 0 Å². The van der Waals surface area contributed by atoms with Crippen LogP contribution < -0.4 is 0 Å². The van der Waals surface area contributed by atoms with E-state index in [-0.39, 0.29) is 0 Å². The first-order valence-electron chi connectivity index (χ1n) is 8.03. The summed E-state index contributed by atoms with van der Waals surface area (Å²) in [5.41, 5.74) is 4.01. The van der Waals surface area contributed by atoms with Crippen molar-refractivity contribution in [2.45, 2.75) is 0 Å². The van der Waals surface area contributed by atoms with Gasteiger partial charge in [-0.05, 0) is 24.3 Å². The predicted molar refractivity (Wildman–Crippen MR) is 106 cm³/mol. The van der Waals surface area contributed by atoms with Crippen LogP contribution in [0.3, 0.4) is 0 Å². The lowest BCUT2D eigenvalue weighted by atomic mass is 10.0. The maximum atomic E-state index is 6.19. The monoisotopic (exact) mass is 377 g/mol. The Bertz CT molecular complexity index is 1070. The Hall–Kier alpha value is -2.75. The van der Waals surface area contributed by atoms with E-state index in [9.17, 15) is 0 Å². The molecule has 1 heterocycles. The molecule has 0 atom stereocenters. The number of hydrogen-bond donors (Lipinski definition) is 0. The van der Waals surface area contributed by atoms with E-state index in [0.717, 1.165) is 16.7 Å². The van der Waals surface area contributed by atoms with Gasteiger partial charge in [-0.25, -0.2) is 4.98 Å². The van der Waals surface area contributed by atoms with Gasteiger partial charge in [-0.1, -0.05) is 77.8 Å². The number of nitrogens with zero attached hydrogens (tertiary/aromatic N) is 3. The highest BCUT2D eigenvalue weighted by molar-refractivity contribution is 6.31. The Kier molecular flexibility index (Phi) is 4.65. The van der Waals surface area contributed by atoms with Gasteiger partial charge in [-0.2, -0.15) is 0 Å². The van der Waals surface area contributed by atoms with Crippen LogP contribution in [0.4, 0.5) is 0 Å². The molecule has 0 aliphatic rings. The van der Waals surface area contributed by atoms with Gasteiger partial charge in [0.1, 0.15) is 11.4 Å². The minimum Gasteiger partial charge on any atom is -0.224 e. The zero-order chi connectivity index (χ0) is 17.9. The Morgan fingerprint density at radius 3 is 1.73 bits per heavy atom. The Labute approximate surface area is 161 Å². The van der Waals surface area contributed by atoms with E-state index in [2.05, 4.69) is 10.2 Å². The molecule has 5 heteroatoms. The Morgan fingerprint density at radius 1 is 0.538 bits per heavy atom. The Morgan fingerprint density at radius 2 is 1.12 bits per heavy atom. The van der Waals surface area contributed by atoms with Crippen molar-refractivity contribution in [3.63, 3.8) is 0 Å². The highest BCUT2D eigenvalue weighted by atomic mass is 35.5. The molecule has 4 rings (SSSR count). The first-order valence-corrected chi connectivity index (χ1v) is 8.78. The average molecular weight is 378 g/mol. The molecule has 0 N–H and O–H groups in total. The molecule has 0 unspecified atom stereocenters. The van der Waals surface area contributed by atoms with E-state index in [1.165, 1.54) is 0 Å². The SMILES string of the molecule is Clc1cccc(-c2nnc(-c3ccccc3)nc2-c2cccc(Cl)c2)c1. The van der Waals surface area contributed by atoms with Crippen molar-refractivity contribution in [3.05, 3.63) is 88.9 Å². The summed E-state index contributed by atoms with van der Waals surface area (Å²) in [5.74, 6) is 0.561. The standard InChI is InChI=1S/C21H13Cl2N3/c22-17-10-4-8-15(12-17)19-20(16-9-5-11-18(23)13-16)25-26-21(24-19)14-6-2-1-3-7-14/h1-13H. The lowest BCUT2D eigenvalue weighted by molar-refractivity contribution is 0.991. The van der Waals surface area contributed by atoms with Crippen molar-refractivity contribution >= 4 is 23.2 Å². The Balaban J connectivity index is 1.94. The van der Waals surface area contributed by atoms with Gasteiger partial charge < -0.3 is 0 Å². The average Bonchev–Trinajstić information content (AvgIpc) is 2.68. The molecule has 0 bridgehead atoms. The van der Waals surface area contributed by atoms with Crippen molar-refractivity contribution in [3.8, 4) is 33.9 Å². The van der Waals surface area contributed by atoms with Crippen LogP contribution in [0.5, 0.6) is 0 Å². The predicted octanol–water partition coefficient (Wildman–Crippen LogP) is 6.18. The van der Waals surface area contributed by atoms with Crippen molar-refractivity contribution < 1.29 is 0 Å². The highest BCUT2D eigenvalue weighted by Gasteiger charge is 2.15. The van der Waals surface area contributed by atoms with Gasteiger partial charge in [0.05, 0.1) is 0 Å². The second-order valence-electron chi connectivity index (χ2n) is 5.72. The highest BCUT2D eigenvalue weighted by Crippen LogP contribution is 2.32. The number of hydrogen-bond acceptors (Lipinski definition) is 3. The summed E-state index contributed by atoms with van der Waals surface area (Å²) in [7, 11) is 0. The summed E-state index contributed by atoms with van der Waals surface area (Å²) in [6.45, 7) is 0. The molecule has 0 saturated heterocycles. The van der Waals surface area contributed by atoms with Crippen LogP contribution in [0, 0.1) is 0 Å². The normalized spacial score (nSPS) is 10.7. The van der Waals surface area contributed by atoms with Crippen molar-refractivity contribution in [2.75, 3.05) is 0 Å². The zero-order valence-corrected chi connectivity index (χ0v) is 15.1. The molecular weight excluding hydrogens is 365 g/mol. The second kappa shape index (κ2) is 7.24. The van der Waals surface area contributed by atoms with E-state index in [1.807, 2.05) is 78.9 Å². The molecular formula is C21H13Cl2N3. The van der Waals surface area contributed by atoms with E-state index in [0.29, 0.717) is 27.3 Å². The third kappa shape index (κ3) is 3.45. The summed E-state index contributed by atoms with van der Waals surface area (Å²) in [6.07, 6.45) is 0. The van der Waals surface area contributed by atoms with E-state index < -0.39 is 0 Å². The number of aromatic nitrogens is 3. The quantitative estimate of drug-likeness (QED) is 0.427. The van der Waals surface area contributed by atoms with Crippen LogP contribution in [0.2, 0.25) is 10.0 Å². The second-order valence-corrected chi connectivity index (χ2v) is 6.59. The largest absolute Gasteiger partial charge is 0.224 e. The smallest absolute Gasteiger partial charge is 0.182 e. The maximum Gasteiger partial charge on any atom is 0.182 e. The van der Waals surface area contributed by atoms with Crippen molar-refractivity contribution in [1.82, 2.24) is 15.2 Å². The van der Waals surface area contributed by atoms with Gasteiger partial charge in [0, 0.05) is 26.7 Å². The summed E-state index contributed by atoms with van der Waals surface area (Å²) in [5, 5.41) is 10.1. The summed E-state index contributed by atoms with van der Waals surface area (Å²) in [4.78, 5) is 4.79. The van der Waals surface area contributed by atoms with E-state index in [4.69, 9.17) is 28.2 Å². The molecule has 0 spiro atoms. The zero-order valence-electron chi connectivity index (χ0n) is 13.6. The summed E-state index contributed by atoms with van der Waals surface area (Å²) >= 11 is 12.3. The summed E-state index contributed by atoms with van der Waals surface area (Å²) in [6, 6.07) is 24.8. The molecule has 3 nitrogen and oxygen atoms in total. The maximum absolute atomic E-state index is 6.19. The lowest BCUT2D eigenvalue weighted by Gasteiger charge is -2.10. The van der Waals surface area contributed by atoms with Gasteiger partial charge in [-0.3, -0.25) is 0 Å². The molecule has 0 saturated carbocycles. The fourth-order valence-electron chi connectivity index (χ4n) is 2.70. The lowest BCUT2D eigenvalue weighted by Crippen LogP contribution is -2.00. The molecule has 1 aromatic heterocycles. The first kappa shape index (κ1) is 16.7. The van der Waals surface area contributed by atoms with Crippen molar-refractivity contribution in [2.24, 2.45) is 0 Å². The topological polar surface area (TPSA) is 38.7 Å². The number of halogens is 2. The number of rotatable bonds is 3. The van der Waals surface area contributed by atoms with E-state index >= 15 is 0 Å². The number of benzene rings is 3. The molecule has 0 amide bonds. The molecule has 0 fully saturated rings. The molecule has 0 aliphatic carbocycles. The van der Waals surface area contributed by atoms with Gasteiger partial charge >= 0.3 is 0 Å². The fourth-order valence-corrected chi connectivity index (χ4v) is 3.08. The molecule has 4 aromatic rings. The third-order valence-electron chi connectivity index (χ3n) is 3.91. The van der Waals surface area contributed by atoms with Gasteiger partial charge in [-0.15, -0.1) is 10.2 Å². The summed E-state index contributed by atoms with van der Waals surface area (Å²) < 4.78 is 0.